The molecule has 1 N–H and O–H groups in total. The van der Waals surface area contributed by atoms with Gasteiger partial charge in [-0.1, -0.05) is 42.0 Å². The molecule has 2 rings (SSSR count). The molecule has 0 fully saturated rings. The lowest BCUT2D eigenvalue weighted by molar-refractivity contribution is -0.121. The molecule has 0 bridgehead atoms. The Bertz CT molecular complexity index is 794. The second-order valence-electron chi connectivity index (χ2n) is 6.12. The van der Waals surface area contributed by atoms with Gasteiger partial charge in [-0.3, -0.25) is 4.79 Å². The highest BCUT2D eigenvalue weighted by atomic mass is 32.2. The van der Waals surface area contributed by atoms with Gasteiger partial charge in [0.15, 0.2) is 9.84 Å². The van der Waals surface area contributed by atoms with Crippen molar-refractivity contribution in [2.45, 2.75) is 37.6 Å². The summed E-state index contributed by atoms with van der Waals surface area (Å²) < 4.78 is 22.9. The lowest BCUT2D eigenvalue weighted by Crippen LogP contribution is -2.26. The monoisotopic (exact) mass is 345 g/mol. The average Bonchev–Trinajstić information content (AvgIpc) is 2.53. The summed E-state index contributed by atoms with van der Waals surface area (Å²) in [6.07, 6.45) is 2.30. The van der Waals surface area contributed by atoms with E-state index in [9.17, 15) is 13.2 Å². The largest absolute Gasteiger partial charge is 0.350 e. The normalized spacial score (nSPS) is 12.6. The van der Waals surface area contributed by atoms with Crippen LogP contribution in [-0.4, -0.2) is 20.6 Å². The summed E-state index contributed by atoms with van der Waals surface area (Å²) in [4.78, 5) is 12.4. The van der Waals surface area contributed by atoms with Crippen molar-refractivity contribution in [2.75, 3.05) is 6.26 Å². The lowest BCUT2D eigenvalue weighted by atomic mass is 10.1. The van der Waals surface area contributed by atoms with E-state index in [4.69, 9.17) is 0 Å². The lowest BCUT2D eigenvalue weighted by Gasteiger charge is -2.15. The van der Waals surface area contributed by atoms with Crippen LogP contribution in [0.25, 0.3) is 0 Å². The molecular formula is C19H23NO3S. The van der Waals surface area contributed by atoms with Crippen molar-refractivity contribution in [1.82, 2.24) is 5.32 Å². The predicted octanol–water partition coefficient (Wildman–Crippen LogP) is 3.21. The summed E-state index contributed by atoms with van der Waals surface area (Å²) in [5.74, 6) is -0.0183. The molecule has 0 aliphatic rings. The number of nitrogens with one attached hydrogen (secondary N) is 1. The molecule has 1 atom stereocenters. The van der Waals surface area contributed by atoms with Crippen LogP contribution in [-0.2, 0) is 21.1 Å². The third kappa shape index (κ3) is 5.20. The van der Waals surface area contributed by atoms with Crippen molar-refractivity contribution in [3.05, 3.63) is 65.2 Å². The van der Waals surface area contributed by atoms with Gasteiger partial charge in [0, 0.05) is 12.7 Å². The van der Waals surface area contributed by atoms with Crippen molar-refractivity contribution < 1.29 is 13.2 Å². The van der Waals surface area contributed by atoms with Gasteiger partial charge in [-0.25, -0.2) is 8.42 Å². The topological polar surface area (TPSA) is 63.2 Å². The Kier molecular flexibility index (Phi) is 5.78. The van der Waals surface area contributed by atoms with E-state index < -0.39 is 9.84 Å². The first-order valence-corrected chi connectivity index (χ1v) is 9.80. The maximum absolute atomic E-state index is 12.1. The van der Waals surface area contributed by atoms with Crippen molar-refractivity contribution in [1.29, 1.82) is 0 Å². The van der Waals surface area contributed by atoms with Gasteiger partial charge in [0.25, 0.3) is 0 Å². The zero-order chi connectivity index (χ0) is 17.7. The number of aryl methyl sites for hydroxylation is 2. The minimum Gasteiger partial charge on any atom is -0.350 e. The summed E-state index contributed by atoms with van der Waals surface area (Å²) in [7, 11) is -3.20. The first-order chi connectivity index (χ1) is 11.3. The van der Waals surface area contributed by atoms with Crippen LogP contribution < -0.4 is 5.32 Å². The standard InChI is InChI=1S/C19H23NO3S/c1-14-4-6-16(7-5-14)8-13-19(21)20-15(2)17-9-11-18(12-10-17)24(3,22)23/h4-7,9-12,15H,8,13H2,1-3H3,(H,20,21)/t15-/m1/s1. The molecule has 0 aromatic heterocycles. The van der Waals surface area contributed by atoms with Crippen LogP contribution in [0.2, 0.25) is 0 Å². The average molecular weight is 345 g/mol. The van der Waals surface area contributed by atoms with E-state index in [0.29, 0.717) is 12.8 Å². The number of hydrogen-bond donors (Lipinski definition) is 1. The maximum Gasteiger partial charge on any atom is 0.220 e. The van der Waals surface area contributed by atoms with Crippen LogP contribution in [0.5, 0.6) is 0 Å². The molecule has 0 unspecified atom stereocenters. The zero-order valence-electron chi connectivity index (χ0n) is 14.2. The molecule has 0 saturated heterocycles. The third-order valence-electron chi connectivity index (χ3n) is 3.95. The third-order valence-corrected chi connectivity index (χ3v) is 5.08. The molecule has 0 aliphatic carbocycles. The molecule has 128 valence electrons. The molecular weight excluding hydrogens is 322 g/mol. The molecule has 0 saturated carbocycles. The number of benzene rings is 2. The number of carbonyl (C=O) groups is 1. The highest BCUT2D eigenvalue weighted by molar-refractivity contribution is 7.90. The van der Waals surface area contributed by atoms with E-state index in [1.807, 2.05) is 38.1 Å². The molecule has 5 heteroatoms. The Balaban J connectivity index is 1.90. The van der Waals surface area contributed by atoms with Crippen molar-refractivity contribution in [3.63, 3.8) is 0 Å². The van der Waals surface area contributed by atoms with Gasteiger partial charge in [0.1, 0.15) is 0 Å². The van der Waals surface area contributed by atoms with Gasteiger partial charge in [-0.05, 0) is 43.5 Å². The number of carbonyl (C=O) groups excluding carboxylic acids is 1. The van der Waals surface area contributed by atoms with E-state index in [1.54, 1.807) is 24.3 Å². The zero-order valence-corrected chi connectivity index (χ0v) is 15.1. The maximum atomic E-state index is 12.1. The number of amides is 1. The Morgan fingerprint density at radius 2 is 1.62 bits per heavy atom. The molecule has 2 aromatic carbocycles. The highest BCUT2D eigenvalue weighted by Gasteiger charge is 2.12. The minimum absolute atomic E-state index is 0.0183. The van der Waals surface area contributed by atoms with Crippen molar-refractivity contribution in [2.24, 2.45) is 0 Å². The van der Waals surface area contributed by atoms with E-state index in [1.165, 1.54) is 11.8 Å². The van der Waals surface area contributed by atoms with E-state index in [0.717, 1.165) is 11.1 Å². The summed E-state index contributed by atoms with van der Waals surface area (Å²) in [6, 6.07) is 14.6. The van der Waals surface area contributed by atoms with Gasteiger partial charge in [0.05, 0.1) is 10.9 Å². The van der Waals surface area contributed by atoms with E-state index in [2.05, 4.69) is 5.32 Å². The first kappa shape index (κ1) is 18.2. The number of rotatable bonds is 6. The second kappa shape index (κ2) is 7.62. The molecule has 2 aromatic rings. The Labute approximate surface area is 143 Å². The molecule has 1 amide bonds. The van der Waals surface area contributed by atoms with Crippen LogP contribution >= 0.6 is 0 Å². The molecule has 0 heterocycles. The second-order valence-corrected chi connectivity index (χ2v) is 8.13. The van der Waals surface area contributed by atoms with Crippen LogP contribution in [0.1, 0.15) is 36.1 Å². The smallest absolute Gasteiger partial charge is 0.220 e. The molecule has 24 heavy (non-hydrogen) atoms. The summed E-state index contributed by atoms with van der Waals surface area (Å²) in [6.45, 7) is 3.92. The molecule has 0 spiro atoms. The van der Waals surface area contributed by atoms with Crippen molar-refractivity contribution >= 4 is 15.7 Å². The molecule has 4 nitrogen and oxygen atoms in total. The van der Waals surface area contributed by atoms with Gasteiger partial charge < -0.3 is 5.32 Å². The van der Waals surface area contributed by atoms with Crippen LogP contribution in [0.15, 0.2) is 53.4 Å². The fraction of sp³-hybridized carbons (Fsp3) is 0.316. The van der Waals surface area contributed by atoms with Crippen LogP contribution in [0.4, 0.5) is 0 Å². The molecule has 0 aliphatic heterocycles. The predicted molar refractivity (Wildman–Crippen MR) is 95.6 cm³/mol. The van der Waals surface area contributed by atoms with Gasteiger partial charge in [-0.2, -0.15) is 0 Å². The van der Waals surface area contributed by atoms with E-state index in [-0.39, 0.29) is 16.8 Å². The van der Waals surface area contributed by atoms with Crippen LogP contribution in [0, 0.1) is 6.92 Å². The minimum atomic E-state index is -3.20. The quantitative estimate of drug-likeness (QED) is 0.874. The Morgan fingerprint density at radius 1 is 1.04 bits per heavy atom. The van der Waals surface area contributed by atoms with Crippen molar-refractivity contribution in [3.8, 4) is 0 Å². The Morgan fingerprint density at radius 3 is 2.17 bits per heavy atom. The fourth-order valence-electron chi connectivity index (χ4n) is 2.41. The highest BCUT2D eigenvalue weighted by Crippen LogP contribution is 2.16. The number of hydrogen-bond acceptors (Lipinski definition) is 3. The summed E-state index contributed by atoms with van der Waals surface area (Å²) in [5.41, 5.74) is 3.22. The van der Waals surface area contributed by atoms with Gasteiger partial charge in [-0.15, -0.1) is 0 Å². The summed E-state index contributed by atoms with van der Waals surface area (Å²) >= 11 is 0. The SMILES string of the molecule is Cc1ccc(CCC(=O)N[C@H](C)c2ccc(S(C)(=O)=O)cc2)cc1. The van der Waals surface area contributed by atoms with Crippen LogP contribution in [0.3, 0.4) is 0 Å². The summed E-state index contributed by atoms with van der Waals surface area (Å²) in [5, 5.41) is 2.95. The number of sulfone groups is 1. The Hall–Kier alpha value is -2.14. The van der Waals surface area contributed by atoms with E-state index >= 15 is 0 Å². The fourth-order valence-corrected chi connectivity index (χ4v) is 3.04. The van der Waals surface area contributed by atoms with Gasteiger partial charge >= 0.3 is 0 Å². The molecule has 0 radical (unpaired) electrons. The van der Waals surface area contributed by atoms with Gasteiger partial charge in [0.2, 0.25) is 5.91 Å². The first-order valence-electron chi connectivity index (χ1n) is 7.90.